The number of carbonyl (C=O) groups is 1. The van der Waals surface area contributed by atoms with E-state index in [1.807, 2.05) is 24.3 Å². The van der Waals surface area contributed by atoms with Gasteiger partial charge >= 0.3 is 0 Å². The summed E-state index contributed by atoms with van der Waals surface area (Å²) in [6.45, 7) is 2.81. The van der Waals surface area contributed by atoms with Gasteiger partial charge < -0.3 is 10.6 Å². The minimum atomic E-state index is 0.0935. The van der Waals surface area contributed by atoms with E-state index >= 15 is 0 Å². The van der Waals surface area contributed by atoms with Gasteiger partial charge in [-0.05, 0) is 49.5 Å². The van der Waals surface area contributed by atoms with E-state index in [-0.39, 0.29) is 5.91 Å². The fourth-order valence-corrected chi connectivity index (χ4v) is 2.71. The summed E-state index contributed by atoms with van der Waals surface area (Å²) < 4.78 is 1.77. The largest absolute Gasteiger partial charge is 0.326 e. The molecule has 0 bridgehead atoms. The van der Waals surface area contributed by atoms with Crippen molar-refractivity contribution in [2.45, 2.75) is 25.8 Å². The smallest absolute Gasteiger partial charge is 0.224 e. The van der Waals surface area contributed by atoms with Gasteiger partial charge in [-0.25, -0.2) is 9.67 Å². The molecule has 0 aliphatic carbocycles. The Morgan fingerprint density at radius 2 is 2.23 bits per heavy atom. The van der Waals surface area contributed by atoms with Crippen LogP contribution in [-0.4, -0.2) is 33.8 Å². The molecule has 0 spiro atoms. The van der Waals surface area contributed by atoms with E-state index in [1.165, 1.54) is 12.7 Å². The summed E-state index contributed by atoms with van der Waals surface area (Å²) in [7, 11) is 0. The molecule has 116 valence electrons. The molecule has 0 radical (unpaired) electrons. The summed E-state index contributed by atoms with van der Waals surface area (Å²) >= 11 is 0. The molecule has 2 aromatic rings. The Kier molecular flexibility index (Phi) is 4.80. The second kappa shape index (κ2) is 7.17. The number of benzene rings is 1. The maximum atomic E-state index is 12.0. The van der Waals surface area contributed by atoms with Gasteiger partial charge in [0.15, 0.2) is 0 Å². The molecule has 1 amide bonds. The summed E-state index contributed by atoms with van der Waals surface area (Å²) in [5.74, 6) is 0.742. The van der Waals surface area contributed by atoms with Crippen LogP contribution in [0.1, 0.15) is 24.8 Å². The Morgan fingerprint density at radius 1 is 1.36 bits per heavy atom. The third-order valence-electron chi connectivity index (χ3n) is 3.99. The molecule has 2 N–H and O–H groups in total. The predicted octanol–water partition coefficient (Wildman–Crippen LogP) is 1.65. The number of nitrogens with one attached hydrogen (secondary N) is 2. The van der Waals surface area contributed by atoms with Crippen LogP contribution in [0.15, 0.2) is 36.9 Å². The summed E-state index contributed by atoms with van der Waals surface area (Å²) in [6, 6.07) is 7.86. The molecule has 1 unspecified atom stereocenters. The molecule has 1 aromatic carbocycles. The lowest BCUT2D eigenvalue weighted by molar-refractivity contribution is -0.116. The van der Waals surface area contributed by atoms with Crippen molar-refractivity contribution in [3.8, 4) is 0 Å². The predicted molar refractivity (Wildman–Crippen MR) is 84.4 cm³/mol. The van der Waals surface area contributed by atoms with E-state index in [4.69, 9.17) is 0 Å². The number of amides is 1. The quantitative estimate of drug-likeness (QED) is 0.851. The van der Waals surface area contributed by atoms with Crippen molar-refractivity contribution in [3.05, 3.63) is 42.5 Å². The fraction of sp³-hybridized carbons (Fsp3) is 0.438. The zero-order valence-electron chi connectivity index (χ0n) is 12.5. The number of carbonyl (C=O) groups excluding carboxylic acids is 1. The first-order valence-electron chi connectivity index (χ1n) is 7.71. The third kappa shape index (κ3) is 4.14. The minimum Gasteiger partial charge on any atom is -0.326 e. The zero-order valence-corrected chi connectivity index (χ0v) is 12.5. The molecule has 1 fully saturated rings. The van der Waals surface area contributed by atoms with Crippen molar-refractivity contribution in [2.75, 3.05) is 18.4 Å². The molecule has 1 aliphatic rings. The molecular weight excluding hydrogens is 278 g/mol. The van der Waals surface area contributed by atoms with Crippen LogP contribution in [0, 0.1) is 5.92 Å². The maximum Gasteiger partial charge on any atom is 0.224 e. The number of aromatic nitrogens is 3. The third-order valence-corrected chi connectivity index (χ3v) is 3.99. The Bertz CT molecular complexity index is 588. The summed E-state index contributed by atoms with van der Waals surface area (Å²) in [6.07, 6.45) is 5.95. The zero-order chi connectivity index (χ0) is 15.2. The highest BCUT2D eigenvalue weighted by Crippen LogP contribution is 2.16. The van der Waals surface area contributed by atoms with Crippen LogP contribution in [0.4, 0.5) is 5.69 Å². The topological polar surface area (TPSA) is 71.8 Å². The van der Waals surface area contributed by atoms with Crippen molar-refractivity contribution in [1.82, 2.24) is 20.1 Å². The van der Waals surface area contributed by atoms with Crippen LogP contribution in [0.5, 0.6) is 0 Å². The highest BCUT2D eigenvalue weighted by atomic mass is 16.1. The second-order valence-electron chi connectivity index (χ2n) is 5.74. The van der Waals surface area contributed by atoms with Crippen molar-refractivity contribution < 1.29 is 4.79 Å². The first-order chi connectivity index (χ1) is 10.8. The first kappa shape index (κ1) is 14.7. The molecule has 1 aromatic heterocycles. The van der Waals surface area contributed by atoms with Gasteiger partial charge in [0.05, 0.1) is 6.54 Å². The highest BCUT2D eigenvalue weighted by molar-refractivity contribution is 5.90. The van der Waals surface area contributed by atoms with Gasteiger partial charge in [0.2, 0.25) is 5.91 Å². The number of hydrogen-bond acceptors (Lipinski definition) is 4. The van der Waals surface area contributed by atoms with Gasteiger partial charge in [-0.3, -0.25) is 4.79 Å². The number of nitrogens with zero attached hydrogens (tertiary/aromatic N) is 3. The summed E-state index contributed by atoms with van der Waals surface area (Å²) in [5.41, 5.74) is 1.97. The van der Waals surface area contributed by atoms with Gasteiger partial charge in [0.1, 0.15) is 12.7 Å². The van der Waals surface area contributed by atoms with E-state index in [2.05, 4.69) is 20.7 Å². The van der Waals surface area contributed by atoms with Gasteiger partial charge in [0.25, 0.3) is 0 Å². The average Bonchev–Trinajstić information content (AvgIpc) is 3.20. The van der Waals surface area contributed by atoms with E-state index in [0.29, 0.717) is 18.9 Å². The molecule has 6 heteroatoms. The average molecular weight is 299 g/mol. The monoisotopic (exact) mass is 299 g/mol. The van der Waals surface area contributed by atoms with Crippen LogP contribution in [0.3, 0.4) is 0 Å². The summed E-state index contributed by atoms with van der Waals surface area (Å²) in [4.78, 5) is 15.9. The van der Waals surface area contributed by atoms with E-state index in [9.17, 15) is 4.79 Å². The number of rotatable bonds is 6. The SMILES string of the molecule is O=C(CCC1CCNC1)Nc1ccc(Cn2cncn2)cc1. The second-order valence-corrected chi connectivity index (χ2v) is 5.74. The van der Waals surface area contributed by atoms with Crippen LogP contribution in [0.25, 0.3) is 0 Å². The molecule has 2 heterocycles. The van der Waals surface area contributed by atoms with Crippen LogP contribution in [-0.2, 0) is 11.3 Å². The first-order valence-corrected chi connectivity index (χ1v) is 7.71. The molecule has 1 saturated heterocycles. The maximum absolute atomic E-state index is 12.0. The molecular formula is C16H21N5O. The molecule has 6 nitrogen and oxygen atoms in total. The summed E-state index contributed by atoms with van der Waals surface area (Å²) in [5, 5.41) is 10.4. The van der Waals surface area contributed by atoms with E-state index in [1.54, 1.807) is 11.0 Å². The van der Waals surface area contributed by atoms with Crippen LogP contribution in [0.2, 0.25) is 0 Å². The van der Waals surface area contributed by atoms with Gasteiger partial charge in [-0.2, -0.15) is 5.10 Å². The Hall–Kier alpha value is -2.21. The molecule has 3 rings (SSSR count). The molecule has 22 heavy (non-hydrogen) atoms. The molecule has 0 saturated carbocycles. The Balaban J connectivity index is 1.46. The van der Waals surface area contributed by atoms with Gasteiger partial charge in [0, 0.05) is 12.1 Å². The van der Waals surface area contributed by atoms with Crippen LogP contribution < -0.4 is 10.6 Å². The van der Waals surface area contributed by atoms with E-state index < -0.39 is 0 Å². The Morgan fingerprint density at radius 3 is 2.91 bits per heavy atom. The standard InChI is InChI=1S/C16H21N5O/c22-16(6-3-13-7-8-17-9-13)20-15-4-1-14(2-5-15)10-21-12-18-11-19-21/h1-2,4-5,11-13,17H,3,6-10H2,(H,20,22). The van der Waals surface area contributed by atoms with E-state index in [0.717, 1.165) is 30.8 Å². The lowest BCUT2D eigenvalue weighted by atomic mass is 10.0. The van der Waals surface area contributed by atoms with Crippen molar-refractivity contribution in [1.29, 1.82) is 0 Å². The lowest BCUT2D eigenvalue weighted by Gasteiger charge is -2.09. The fourth-order valence-electron chi connectivity index (χ4n) is 2.71. The Labute approximate surface area is 129 Å². The van der Waals surface area contributed by atoms with Crippen LogP contribution >= 0.6 is 0 Å². The van der Waals surface area contributed by atoms with Crippen molar-refractivity contribution >= 4 is 11.6 Å². The number of hydrogen-bond donors (Lipinski definition) is 2. The van der Waals surface area contributed by atoms with Crippen molar-refractivity contribution in [2.24, 2.45) is 5.92 Å². The number of anilines is 1. The lowest BCUT2D eigenvalue weighted by Crippen LogP contribution is -2.15. The highest BCUT2D eigenvalue weighted by Gasteiger charge is 2.15. The van der Waals surface area contributed by atoms with Gasteiger partial charge in [-0.1, -0.05) is 12.1 Å². The van der Waals surface area contributed by atoms with Gasteiger partial charge in [-0.15, -0.1) is 0 Å². The molecule has 1 atom stereocenters. The van der Waals surface area contributed by atoms with Crippen molar-refractivity contribution in [3.63, 3.8) is 0 Å². The normalized spacial score (nSPS) is 17.5. The molecule has 1 aliphatic heterocycles. The minimum absolute atomic E-state index is 0.0935.